The molecule has 0 bridgehead atoms. The molecule has 0 aliphatic carbocycles. The number of anilines is 1. The molecule has 0 saturated carbocycles. The van der Waals surface area contributed by atoms with Crippen LogP contribution in [0, 0.1) is 0 Å². The van der Waals surface area contributed by atoms with Crippen molar-refractivity contribution >= 4 is 29.3 Å². The molecule has 0 fully saturated rings. The summed E-state index contributed by atoms with van der Waals surface area (Å²) in [6.07, 6.45) is 0.529. The van der Waals surface area contributed by atoms with Crippen molar-refractivity contribution in [2.45, 2.75) is 23.5 Å². The lowest BCUT2D eigenvalue weighted by atomic mass is 10.1. The molecule has 2 rings (SSSR count). The predicted octanol–water partition coefficient (Wildman–Crippen LogP) is 1.23. The lowest BCUT2D eigenvalue weighted by Crippen LogP contribution is -2.28. The fourth-order valence-electron chi connectivity index (χ4n) is 1.73. The molecule has 1 aromatic rings. The van der Waals surface area contributed by atoms with Crippen molar-refractivity contribution in [3.63, 3.8) is 0 Å². The van der Waals surface area contributed by atoms with E-state index in [1.165, 1.54) is 11.8 Å². The van der Waals surface area contributed by atoms with Crippen LogP contribution in [0.2, 0.25) is 0 Å². The second kappa shape index (κ2) is 6.08. The third-order valence-electron chi connectivity index (χ3n) is 2.79. The summed E-state index contributed by atoms with van der Waals surface area (Å²) in [5, 5.41) is 14.0. The quantitative estimate of drug-likeness (QED) is 0.725. The first-order chi connectivity index (χ1) is 9.11. The lowest BCUT2D eigenvalue weighted by Gasteiger charge is -2.21. The summed E-state index contributed by atoms with van der Waals surface area (Å²) in [6.45, 7) is 2.33. The second-order valence-corrected chi connectivity index (χ2v) is 5.68. The summed E-state index contributed by atoms with van der Waals surface area (Å²) in [5.74, 6) is -0.246. The Bertz CT molecular complexity index is 505. The van der Waals surface area contributed by atoms with Crippen molar-refractivity contribution in [3.05, 3.63) is 23.8 Å². The highest BCUT2D eigenvalue weighted by atomic mass is 32.2. The number of nitrogens with one attached hydrogen (secondary N) is 2. The monoisotopic (exact) mass is 280 g/mol. The zero-order valence-corrected chi connectivity index (χ0v) is 11.4. The minimum Gasteiger partial charge on any atom is -0.396 e. The van der Waals surface area contributed by atoms with Crippen molar-refractivity contribution in [3.8, 4) is 0 Å². The summed E-state index contributed by atoms with van der Waals surface area (Å²) in [7, 11) is 0. The van der Waals surface area contributed by atoms with Gasteiger partial charge in [-0.15, -0.1) is 11.8 Å². The minimum atomic E-state index is -0.200. The number of fused-ring (bicyclic) bond motifs is 1. The number of amides is 2. The number of aliphatic hydroxyl groups excluding tert-OH is 1. The van der Waals surface area contributed by atoms with Gasteiger partial charge in [-0.1, -0.05) is 0 Å². The first-order valence-corrected chi connectivity index (χ1v) is 7.00. The first-order valence-electron chi connectivity index (χ1n) is 6.12. The smallest absolute Gasteiger partial charge is 0.251 e. The van der Waals surface area contributed by atoms with Gasteiger partial charge in [0.15, 0.2) is 0 Å². The molecule has 3 N–H and O–H groups in total. The largest absolute Gasteiger partial charge is 0.396 e. The zero-order valence-electron chi connectivity index (χ0n) is 10.6. The van der Waals surface area contributed by atoms with Crippen molar-refractivity contribution in [1.29, 1.82) is 0 Å². The van der Waals surface area contributed by atoms with Crippen LogP contribution in [0.1, 0.15) is 23.7 Å². The molecule has 1 aliphatic rings. The highest BCUT2D eigenvalue weighted by molar-refractivity contribution is 8.00. The lowest BCUT2D eigenvalue weighted by molar-refractivity contribution is -0.115. The van der Waals surface area contributed by atoms with E-state index in [0.29, 0.717) is 24.2 Å². The average molecular weight is 280 g/mol. The van der Waals surface area contributed by atoms with Gasteiger partial charge in [0.05, 0.1) is 10.9 Å². The van der Waals surface area contributed by atoms with Crippen LogP contribution >= 0.6 is 11.8 Å². The molecule has 5 nitrogen and oxygen atoms in total. The number of hydrogen-bond donors (Lipinski definition) is 3. The maximum absolute atomic E-state index is 11.8. The van der Waals surface area contributed by atoms with Gasteiger partial charge in [-0.25, -0.2) is 0 Å². The van der Waals surface area contributed by atoms with Crippen LogP contribution in [0.3, 0.4) is 0 Å². The Balaban J connectivity index is 2.10. The first kappa shape index (κ1) is 13.9. The van der Waals surface area contributed by atoms with E-state index in [2.05, 4.69) is 10.6 Å². The van der Waals surface area contributed by atoms with Gasteiger partial charge < -0.3 is 15.7 Å². The number of aliphatic hydroxyl groups is 1. The van der Waals surface area contributed by atoms with E-state index in [1.807, 2.05) is 13.0 Å². The van der Waals surface area contributed by atoms with E-state index in [4.69, 9.17) is 5.11 Å². The summed E-state index contributed by atoms with van der Waals surface area (Å²) < 4.78 is 0. The van der Waals surface area contributed by atoms with Gasteiger partial charge >= 0.3 is 0 Å². The Morgan fingerprint density at radius 3 is 3.05 bits per heavy atom. The fraction of sp³-hybridized carbons (Fsp3) is 0.385. The van der Waals surface area contributed by atoms with Gasteiger partial charge in [0.2, 0.25) is 5.91 Å². The van der Waals surface area contributed by atoms with E-state index < -0.39 is 0 Å². The predicted molar refractivity (Wildman–Crippen MR) is 74.4 cm³/mol. The summed E-state index contributed by atoms with van der Waals surface area (Å²) in [4.78, 5) is 24.4. The molecule has 0 aromatic heterocycles. The van der Waals surface area contributed by atoms with Crippen molar-refractivity contribution in [2.75, 3.05) is 18.5 Å². The molecule has 1 heterocycles. The summed E-state index contributed by atoms with van der Waals surface area (Å²) >= 11 is 1.49. The van der Waals surface area contributed by atoms with Crippen LogP contribution < -0.4 is 10.6 Å². The molecule has 2 amide bonds. The highest BCUT2D eigenvalue weighted by Crippen LogP contribution is 2.35. The maximum atomic E-state index is 11.8. The number of carbonyl (C=O) groups excluding carboxylic acids is 2. The molecule has 102 valence electrons. The van der Waals surface area contributed by atoms with Gasteiger partial charge in [0.25, 0.3) is 5.91 Å². The van der Waals surface area contributed by atoms with Crippen LogP contribution in [0.25, 0.3) is 0 Å². The fourth-order valence-corrected chi connectivity index (χ4v) is 2.66. The average Bonchev–Trinajstić information content (AvgIpc) is 2.40. The van der Waals surface area contributed by atoms with Gasteiger partial charge in [-0.3, -0.25) is 9.59 Å². The van der Waals surface area contributed by atoms with E-state index >= 15 is 0 Å². The summed E-state index contributed by atoms with van der Waals surface area (Å²) in [5.41, 5.74) is 1.19. The van der Waals surface area contributed by atoms with E-state index in [1.54, 1.807) is 12.1 Å². The number of carbonyl (C=O) groups is 2. The molecular weight excluding hydrogens is 264 g/mol. The Morgan fingerprint density at radius 1 is 1.53 bits per heavy atom. The molecule has 1 aromatic carbocycles. The third-order valence-corrected chi connectivity index (χ3v) is 3.97. The van der Waals surface area contributed by atoms with Crippen molar-refractivity contribution in [2.24, 2.45) is 0 Å². The third kappa shape index (κ3) is 3.27. The maximum Gasteiger partial charge on any atom is 0.251 e. The normalized spacial score (nSPS) is 17.6. The van der Waals surface area contributed by atoms with Gasteiger partial charge in [-0.2, -0.15) is 0 Å². The van der Waals surface area contributed by atoms with E-state index in [9.17, 15) is 9.59 Å². The highest BCUT2D eigenvalue weighted by Gasteiger charge is 2.23. The molecule has 1 atom stereocenters. The Hall–Kier alpha value is -1.53. The second-order valence-electron chi connectivity index (χ2n) is 4.29. The Morgan fingerprint density at radius 2 is 2.32 bits per heavy atom. The molecule has 1 unspecified atom stereocenters. The zero-order chi connectivity index (χ0) is 13.8. The number of benzene rings is 1. The number of thioether (sulfide) groups is 1. The SMILES string of the molecule is CC1Sc2ccc(C(=O)NCCCO)cc2NC1=O. The molecule has 0 saturated heterocycles. The van der Waals surface area contributed by atoms with Crippen molar-refractivity contribution in [1.82, 2.24) is 5.32 Å². The standard InChI is InChI=1S/C13H16N2O3S/c1-8-12(17)15-10-7-9(3-4-11(10)19-8)13(18)14-5-2-6-16/h3-4,7-8,16H,2,5-6H2,1H3,(H,14,18)(H,15,17). The number of rotatable bonds is 4. The molecule has 1 aliphatic heterocycles. The Labute approximate surface area is 115 Å². The number of hydrogen-bond acceptors (Lipinski definition) is 4. The van der Waals surface area contributed by atoms with E-state index in [0.717, 1.165) is 4.90 Å². The van der Waals surface area contributed by atoms with Crippen LogP contribution in [-0.4, -0.2) is 35.3 Å². The van der Waals surface area contributed by atoms with Crippen LogP contribution in [0.15, 0.2) is 23.1 Å². The molecule has 19 heavy (non-hydrogen) atoms. The van der Waals surface area contributed by atoms with Crippen LogP contribution in [-0.2, 0) is 4.79 Å². The molecule has 0 spiro atoms. The van der Waals surface area contributed by atoms with Crippen LogP contribution in [0.4, 0.5) is 5.69 Å². The Kier molecular flexibility index (Phi) is 4.44. The van der Waals surface area contributed by atoms with E-state index in [-0.39, 0.29) is 23.7 Å². The summed E-state index contributed by atoms with van der Waals surface area (Å²) in [6, 6.07) is 5.27. The topological polar surface area (TPSA) is 78.4 Å². The van der Waals surface area contributed by atoms with Crippen LogP contribution in [0.5, 0.6) is 0 Å². The molecule has 0 radical (unpaired) electrons. The minimum absolute atomic E-state index is 0.0460. The molecular formula is C13H16N2O3S. The van der Waals surface area contributed by atoms with Crippen molar-refractivity contribution < 1.29 is 14.7 Å². The van der Waals surface area contributed by atoms with Gasteiger partial charge in [0, 0.05) is 23.6 Å². The van der Waals surface area contributed by atoms with Gasteiger partial charge in [-0.05, 0) is 31.5 Å². The van der Waals surface area contributed by atoms with Gasteiger partial charge in [0.1, 0.15) is 0 Å². The molecule has 6 heteroatoms.